The Kier molecular flexibility index (Phi) is 3.27. The molecule has 0 radical (unpaired) electrons. The molecule has 2 aliphatic rings. The van der Waals surface area contributed by atoms with Gasteiger partial charge in [-0.2, -0.15) is 0 Å². The maximum absolute atomic E-state index is 13.0. The van der Waals surface area contributed by atoms with E-state index >= 15 is 0 Å². The fourth-order valence-electron chi connectivity index (χ4n) is 4.47. The third kappa shape index (κ3) is 2.31. The molecule has 1 aliphatic heterocycles. The van der Waals surface area contributed by atoms with E-state index in [2.05, 4.69) is 42.0 Å². The minimum absolute atomic E-state index is 0.124. The number of furan rings is 1. The molecule has 0 saturated carbocycles. The Balaban J connectivity index is 1.42. The van der Waals surface area contributed by atoms with E-state index in [1.54, 1.807) is 6.26 Å². The highest BCUT2D eigenvalue weighted by Gasteiger charge is 2.28. The lowest BCUT2D eigenvalue weighted by Gasteiger charge is -2.35. The first-order valence-electron chi connectivity index (χ1n) is 9.17. The zero-order chi connectivity index (χ0) is 17.0. The van der Waals surface area contributed by atoms with Gasteiger partial charge < -0.3 is 13.9 Å². The number of hydrogen-bond acceptors (Lipinski definition) is 2. The van der Waals surface area contributed by atoms with Crippen molar-refractivity contribution in [2.45, 2.75) is 45.2 Å². The van der Waals surface area contributed by atoms with Crippen LogP contribution >= 0.6 is 0 Å². The van der Waals surface area contributed by atoms with Crippen molar-refractivity contribution < 1.29 is 9.21 Å². The van der Waals surface area contributed by atoms with Crippen LogP contribution in [0.1, 0.15) is 41.8 Å². The van der Waals surface area contributed by atoms with Gasteiger partial charge >= 0.3 is 0 Å². The number of hydrogen-bond donors (Lipinski definition) is 0. The molecular formula is C21H22N2O2. The Bertz CT molecular complexity index is 966. The third-order valence-corrected chi connectivity index (χ3v) is 5.87. The Morgan fingerprint density at radius 1 is 1.24 bits per heavy atom. The van der Waals surface area contributed by atoms with Crippen LogP contribution in [0, 0.1) is 0 Å². The lowest BCUT2D eigenvalue weighted by Crippen LogP contribution is -2.41. The van der Waals surface area contributed by atoms with Crippen molar-refractivity contribution in [3.8, 4) is 0 Å². The Morgan fingerprint density at radius 2 is 2.08 bits per heavy atom. The maximum atomic E-state index is 13.0. The first-order chi connectivity index (χ1) is 12.2. The summed E-state index contributed by atoms with van der Waals surface area (Å²) in [5.74, 6) is 0.183. The number of nitrogens with zero attached hydrogens (tertiary/aromatic N) is 2. The number of carbonyl (C=O) groups excluding carboxylic acids is 1. The highest BCUT2D eigenvalue weighted by Crippen LogP contribution is 2.32. The average Bonchev–Trinajstić information content (AvgIpc) is 3.32. The molecule has 0 bridgehead atoms. The minimum atomic E-state index is 0.124. The van der Waals surface area contributed by atoms with Crippen molar-refractivity contribution in [2.24, 2.45) is 0 Å². The minimum Gasteiger partial charge on any atom is -0.464 e. The molecule has 0 N–H and O–H groups in total. The molecule has 1 aliphatic carbocycles. The van der Waals surface area contributed by atoms with Crippen molar-refractivity contribution >= 4 is 16.9 Å². The van der Waals surface area contributed by atoms with Crippen molar-refractivity contribution in [1.29, 1.82) is 0 Å². The molecule has 3 aromatic rings. The smallest absolute Gasteiger partial charge is 0.227 e. The second-order valence-corrected chi connectivity index (χ2v) is 7.30. The van der Waals surface area contributed by atoms with E-state index in [0.29, 0.717) is 6.42 Å². The van der Waals surface area contributed by atoms with E-state index in [1.165, 1.54) is 23.2 Å². The quantitative estimate of drug-likeness (QED) is 0.713. The number of aryl methyl sites for hydroxylation is 2. The first kappa shape index (κ1) is 14.8. The molecule has 3 heterocycles. The van der Waals surface area contributed by atoms with Gasteiger partial charge in [0.25, 0.3) is 0 Å². The van der Waals surface area contributed by atoms with E-state index in [4.69, 9.17) is 4.42 Å². The van der Waals surface area contributed by atoms with Crippen LogP contribution in [0.3, 0.4) is 0 Å². The van der Waals surface area contributed by atoms with Crippen LogP contribution in [-0.2, 0) is 30.6 Å². The van der Waals surface area contributed by atoms with E-state index in [-0.39, 0.29) is 11.9 Å². The molecule has 0 fully saturated rings. The van der Waals surface area contributed by atoms with Gasteiger partial charge in [-0.25, -0.2) is 0 Å². The van der Waals surface area contributed by atoms with Crippen molar-refractivity contribution in [2.75, 3.05) is 6.54 Å². The van der Waals surface area contributed by atoms with Gasteiger partial charge in [0.1, 0.15) is 5.58 Å². The van der Waals surface area contributed by atoms with Gasteiger partial charge in [-0.3, -0.25) is 4.79 Å². The largest absolute Gasteiger partial charge is 0.464 e. The molecule has 2 aromatic heterocycles. The summed E-state index contributed by atoms with van der Waals surface area (Å²) in [7, 11) is 0. The lowest BCUT2D eigenvalue weighted by molar-refractivity contribution is -0.133. The second kappa shape index (κ2) is 5.51. The van der Waals surface area contributed by atoms with E-state index in [9.17, 15) is 4.79 Å². The van der Waals surface area contributed by atoms with Gasteiger partial charge in [0.2, 0.25) is 5.91 Å². The molecule has 4 heteroatoms. The van der Waals surface area contributed by atoms with E-state index < -0.39 is 0 Å². The van der Waals surface area contributed by atoms with Gasteiger partial charge in [-0.05, 0) is 61.6 Å². The molecular weight excluding hydrogens is 312 g/mol. The summed E-state index contributed by atoms with van der Waals surface area (Å²) in [6.07, 6.45) is 7.79. The summed E-state index contributed by atoms with van der Waals surface area (Å²) >= 11 is 0. The van der Waals surface area contributed by atoms with Crippen LogP contribution in [-0.4, -0.2) is 21.9 Å². The summed E-state index contributed by atoms with van der Waals surface area (Å²) in [4.78, 5) is 15.0. The monoisotopic (exact) mass is 334 g/mol. The van der Waals surface area contributed by atoms with Crippen molar-refractivity contribution in [3.05, 3.63) is 59.1 Å². The topological polar surface area (TPSA) is 38.4 Å². The third-order valence-electron chi connectivity index (χ3n) is 5.87. The molecule has 1 unspecified atom stereocenters. The number of carbonyl (C=O) groups is 1. The van der Waals surface area contributed by atoms with Gasteiger partial charge in [0.05, 0.1) is 18.7 Å². The molecule has 1 amide bonds. The number of aromatic nitrogens is 1. The molecule has 128 valence electrons. The van der Waals surface area contributed by atoms with E-state index in [1.807, 2.05) is 4.90 Å². The van der Waals surface area contributed by atoms with Gasteiger partial charge in [0, 0.05) is 35.9 Å². The summed E-state index contributed by atoms with van der Waals surface area (Å²) in [6, 6.07) is 8.71. The Hall–Kier alpha value is -2.49. The zero-order valence-corrected chi connectivity index (χ0v) is 14.5. The highest BCUT2D eigenvalue weighted by atomic mass is 16.3. The normalized spacial score (nSPS) is 19.2. The fourth-order valence-corrected chi connectivity index (χ4v) is 4.47. The summed E-state index contributed by atoms with van der Waals surface area (Å²) in [5, 5.41) is 1.11. The molecule has 25 heavy (non-hydrogen) atoms. The predicted octanol–water partition coefficient (Wildman–Crippen LogP) is 3.87. The molecule has 4 nitrogen and oxygen atoms in total. The van der Waals surface area contributed by atoms with Gasteiger partial charge in [0.15, 0.2) is 0 Å². The molecule has 0 spiro atoms. The molecule has 0 saturated heterocycles. The summed E-state index contributed by atoms with van der Waals surface area (Å²) < 4.78 is 8.00. The van der Waals surface area contributed by atoms with E-state index in [0.717, 1.165) is 42.5 Å². The molecule has 1 atom stereocenters. The Labute approximate surface area is 147 Å². The average molecular weight is 334 g/mol. The summed E-state index contributed by atoms with van der Waals surface area (Å²) in [5.41, 5.74) is 5.98. The highest BCUT2D eigenvalue weighted by molar-refractivity contribution is 5.89. The number of benzene rings is 1. The fraction of sp³-hybridized carbons (Fsp3) is 0.381. The van der Waals surface area contributed by atoms with Crippen molar-refractivity contribution in [1.82, 2.24) is 9.47 Å². The molecule has 5 rings (SSSR count). The zero-order valence-electron chi connectivity index (χ0n) is 14.5. The summed E-state index contributed by atoms with van der Waals surface area (Å²) in [6.45, 7) is 3.76. The van der Waals surface area contributed by atoms with Crippen LogP contribution in [0.2, 0.25) is 0 Å². The van der Waals surface area contributed by atoms with Crippen LogP contribution in [0.4, 0.5) is 0 Å². The molecule has 1 aromatic carbocycles. The second-order valence-electron chi connectivity index (χ2n) is 7.30. The first-order valence-corrected chi connectivity index (χ1v) is 9.17. The number of fused-ring (bicyclic) bond motifs is 3. The Morgan fingerprint density at radius 3 is 2.96 bits per heavy atom. The standard InChI is InChI=1S/C21H22N2O2/c1-14-19-6-3-7-22(19)8-9-23(14)21(24)12-17-13-25-20-11-16-5-2-4-15(16)10-18(17)20/h3,6-7,10-11,13-14H,2,4-5,8-9,12H2,1H3. The van der Waals surface area contributed by atoms with Gasteiger partial charge in [-0.1, -0.05) is 0 Å². The predicted molar refractivity (Wildman–Crippen MR) is 96.5 cm³/mol. The van der Waals surface area contributed by atoms with Crippen LogP contribution in [0.25, 0.3) is 11.0 Å². The van der Waals surface area contributed by atoms with Crippen LogP contribution in [0.15, 0.2) is 41.1 Å². The number of amides is 1. The SMILES string of the molecule is CC1c2cccn2CCN1C(=O)Cc1coc2cc3c(cc12)CCC3. The maximum Gasteiger partial charge on any atom is 0.227 e. The van der Waals surface area contributed by atoms with Gasteiger partial charge in [-0.15, -0.1) is 0 Å². The van der Waals surface area contributed by atoms with Crippen LogP contribution < -0.4 is 0 Å². The van der Waals surface area contributed by atoms with Crippen molar-refractivity contribution in [3.63, 3.8) is 0 Å². The lowest BCUT2D eigenvalue weighted by atomic mass is 10.0. The van der Waals surface area contributed by atoms with Crippen LogP contribution in [0.5, 0.6) is 0 Å². The number of rotatable bonds is 2.